The summed E-state index contributed by atoms with van der Waals surface area (Å²) in [4.78, 5) is 25.0. The van der Waals surface area contributed by atoms with Crippen molar-refractivity contribution in [3.63, 3.8) is 0 Å². The Morgan fingerprint density at radius 2 is 2.09 bits per heavy atom. The maximum absolute atomic E-state index is 11.5. The first-order chi connectivity index (χ1) is 10.4. The molecule has 0 aliphatic carbocycles. The topological polar surface area (TPSA) is 62.6 Å². The van der Waals surface area contributed by atoms with Crippen LogP contribution in [0.2, 0.25) is 0 Å². The van der Waals surface area contributed by atoms with Gasteiger partial charge in [-0.2, -0.15) is 0 Å². The van der Waals surface area contributed by atoms with Gasteiger partial charge in [0.25, 0.3) is 0 Å². The summed E-state index contributed by atoms with van der Waals surface area (Å²) in [5, 5.41) is 3.58. The van der Waals surface area contributed by atoms with Crippen LogP contribution in [0, 0.1) is 6.92 Å². The molecule has 1 aromatic heterocycles. The van der Waals surface area contributed by atoms with Crippen LogP contribution in [0.25, 0.3) is 11.0 Å². The van der Waals surface area contributed by atoms with E-state index in [9.17, 15) is 9.59 Å². The van der Waals surface area contributed by atoms with E-state index in [1.165, 1.54) is 6.07 Å². The van der Waals surface area contributed by atoms with E-state index in [0.717, 1.165) is 16.5 Å². The van der Waals surface area contributed by atoms with Crippen LogP contribution in [0.4, 0.5) is 0 Å². The third-order valence-electron chi connectivity index (χ3n) is 3.96. The van der Waals surface area contributed by atoms with Gasteiger partial charge in [-0.25, -0.2) is 4.79 Å². The number of fused-ring (bicyclic) bond motifs is 1. The summed E-state index contributed by atoms with van der Waals surface area (Å²) in [7, 11) is 3.62. The number of amides is 1. The van der Waals surface area contributed by atoms with Gasteiger partial charge in [-0.15, -0.1) is 0 Å². The first-order valence-electron chi connectivity index (χ1n) is 7.35. The first-order valence-corrected chi connectivity index (χ1v) is 7.35. The van der Waals surface area contributed by atoms with Crippen LogP contribution in [-0.2, 0) is 11.3 Å². The van der Waals surface area contributed by atoms with Crippen molar-refractivity contribution >= 4 is 16.9 Å². The fraction of sp³-hybridized carbons (Fsp3) is 0.412. The number of hydrogen-bond acceptors (Lipinski definition) is 4. The zero-order chi connectivity index (χ0) is 16.3. The Morgan fingerprint density at radius 1 is 1.36 bits per heavy atom. The standard InChI is InChI=1S/C17H22N2O3/c1-11-7-17(21)22-15-9-13(5-6-14(11)15)10-19(4)12(2)8-16(20)18-3/h5-7,9,12H,8,10H2,1-4H3,(H,18,20)/t12-/m0/s1. The van der Waals surface area contributed by atoms with Crippen molar-refractivity contribution < 1.29 is 9.21 Å². The maximum atomic E-state index is 11.5. The minimum absolute atomic E-state index is 0.0273. The SMILES string of the molecule is CNC(=O)C[C@H](C)N(C)Cc1ccc2c(C)cc(=O)oc2c1. The van der Waals surface area contributed by atoms with Gasteiger partial charge in [-0.05, 0) is 38.1 Å². The first kappa shape index (κ1) is 16.2. The van der Waals surface area contributed by atoms with E-state index in [2.05, 4.69) is 10.2 Å². The zero-order valence-corrected chi connectivity index (χ0v) is 13.5. The van der Waals surface area contributed by atoms with Crippen LogP contribution in [0.15, 0.2) is 33.5 Å². The van der Waals surface area contributed by atoms with Gasteiger partial charge in [0.2, 0.25) is 5.91 Å². The van der Waals surface area contributed by atoms with Crippen molar-refractivity contribution in [2.75, 3.05) is 14.1 Å². The zero-order valence-electron chi connectivity index (χ0n) is 13.5. The lowest BCUT2D eigenvalue weighted by atomic mass is 10.1. The maximum Gasteiger partial charge on any atom is 0.336 e. The quantitative estimate of drug-likeness (QED) is 0.859. The highest BCUT2D eigenvalue weighted by Crippen LogP contribution is 2.19. The molecule has 0 radical (unpaired) electrons. The third kappa shape index (κ3) is 3.74. The molecule has 0 saturated carbocycles. The van der Waals surface area contributed by atoms with Crippen LogP contribution in [0.1, 0.15) is 24.5 Å². The van der Waals surface area contributed by atoms with Gasteiger partial charge < -0.3 is 9.73 Å². The molecule has 0 unspecified atom stereocenters. The molecule has 1 aromatic carbocycles. The lowest BCUT2D eigenvalue weighted by molar-refractivity contribution is -0.121. The predicted octanol–water partition coefficient (Wildman–Crippen LogP) is 2.06. The Bertz CT molecular complexity index is 736. The molecule has 5 heteroatoms. The number of carbonyl (C=O) groups is 1. The number of benzene rings is 1. The molecule has 1 atom stereocenters. The Hall–Kier alpha value is -2.14. The summed E-state index contributed by atoms with van der Waals surface area (Å²) >= 11 is 0. The molecule has 0 fully saturated rings. The summed E-state index contributed by atoms with van der Waals surface area (Å²) in [6.45, 7) is 4.60. The molecule has 22 heavy (non-hydrogen) atoms. The van der Waals surface area contributed by atoms with Gasteiger partial charge in [-0.3, -0.25) is 9.69 Å². The fourth-order valence-corrected chi connectivity index (χ4v) is 2.44. The summed E-state index contributed by atoms with van der Waals surface area (Å²) < 4.78 is 5.27. The highest BCUT2D eigenvalue weighted by molar-refractivity contribution is 5.80. The van der Waals surface area contributed by atoms with Gasteiger partial charge in [0.15, 0.2) is 0 Å². The van der Waals surface area contributed by atoms with Crippen LogP contribution < -0.4 is 10.9 Å². The molecular weight excluding hydrogens is 280 g/mol. The molecular formula is C17H22N2O3. The van der Waals surface area contributed by atoms with Gasteiger partial charge >= 0.3 is 5.63 Å². The van der Waals surface area contributed by atoms with Gasteiger partial charge in [-0.1, -0.05) is 12.1 Å². The van der Waals surface area contributed by atoms with Crippen molar-refractivity contribution in [1.82, 2.24) is 10.2 Å². The lowest BCUT2D eigenvalue weighted by Crippen LogP contribution is -2.33. The predicted molar refractivity (Wildman–Crippen MR) is 86.8 cm³/mol. The lowest BCUT2D eigenvalue weighted by Gasteiger charge is -2.24. The average Bonchev–Trinajstić information content (AvgIpc) is 2.46. The summed E-state index contributed by atoms with van der Waals surface area (Å²) in [6.07, 6.45) is 0.453. The number of rotatable bonds is 5. The van der Waals surface area contributed by atoms with E-state index < -0.39 is 0 Å². The van der Waals surface area contributed by atoms with Crippen molar-refractivity contribution in [2.45, 2.75) is 32.9 Å². The summed E-state index contributed by atoms with van der Waals surface area (Å²) in [6, 6.07) is 7.52. The minimum Gasteiger partial charge on any atom is -0.423 e. The monoisotopic (exact) mass is 302 g/mol. The summed E-state index contributed by atoms with van der Waals surface area (Å²) in [5.74, 6) is 0.0273. The number of nitrogens with one attached hydrogen (secondary N) is 1. The molecule has 0 aliphatic rings. The second kappa shape index (κ2) is 6.75. The average molecular weight is 302 g/mol. The third-order valence-corrected chi connectivity index (χ3v) is 3.96. The van der Waals surface area contributed by atoms with E-state index >= 15 is 0 Å². The van der Waals surface area contributed by atoms with Gasteiger partial charge in [0.1, 0.15) is 5.58 Å². The van der Waals surface area contributed by atoms with Crippen molar-refractivity contribution in [3.8, 4) is 0 Å². The van der Waals surface area contributed by atoms with E-state index in [-0.39, 0.29) is 17.6 Å². The minimum atomic E-state index is -0.330. The molecule has 2 aromatic rings. The Morgan fingerprint density at radius 3 is 2.77 bits per heavy atom. The van der Waals surface area contributed by atoms with Crippen LogP contribution >= 0.6 is 0 Å². The van der Waals surface area contributed by atoms with E-state index in [4.69, 9.17) is 4.42 Å². The van der Waals surface area contributed by atoms with Crippen molar-refractivity contribution in [1.29, 1.82) is 0 Å². The molecule has 1 heterocycles. The largest absolute Gasteiger partial charge is 0.423 e. The molecule has 1 amide bonds. The molecule has 0 aliphatic heterocycles. The van der Waals surface area contributed by atoms with Crippen molar-refractivity contribution in [3.05, 3.63) is 45.8 Å². The van der Waals surface area contributed by atoms with Gasteiger partial charge in [0, 0.05) is 37.5 Å². The Labute approximate surface area is 129 Å². The normalized spacial score (nSPS) is 12.6. The van der Waals surface area contributed by atoms with Gasteiger partial charge in [0.05, 0.1) is 0 Å². The number of carbonyl (C=O) groups excluding carboxylic acids is 1. The molecule has 118 valence electrons. The number of aryl methyl sites for hydroxylation is 1. The number of hydrogen-bond donors (Lipinski definition) is 1. The Balaban J connectivity index is 2.18. The number of nitrogens with zero attached hydrogens (tertiary/aromatic N) is 1. The van der Waals surface area contributed by atoms with Crippen LogP contribution in [0.3, 0.4) is 0 Å². The van der Waals surface area contributed by atoms with Crippen LogP contribution in [-0.4, -0.2) is 30.9 Å². The smallest absolute Gasteiger partial charge is 0.336 e. The van der Waals surface area contributed by atoms with Crippen molar-refractivity contribution in [2.24, 2.45) is 0 Å². The highest BCUT2D eigenvalue weighted by atomic mass is 16.4. The summed E-state index contributed by atoms with van der Waals surface area (Å²) in [5.41, 5.74) is 2.24. The second-order valence-corrected chi connectivity index (χ2v) is 5.72. The van der Waals surface area contributed by atoms with E-state index in [1.54, 1.807) is 7.05 Å². The highest BCUT2D eigenvalue weighted by Gasteiger charge is 2.14. The van der Waals surface area contributed by atoms with Crippen LogP contribution in [0.5, 0.6) is 0 Å². The molecule has 0 bridgehead atoms. The fourth-order valence-electron chi connectivity index (χ4n) is 2.44. The molecule has 1 N–H and O–H groups in total. The molecule has 2 rings (SSSR count). The Kier molecular flexibility index (Phi) is 4.98. The second-order valence-electron chi connectivity index (χ2n) is 5.72. The molecule has 0 saturated heterocycles. The van der Waals surface area contributed by atoms with E-state index in [1.807, 2.05) is 39.1 Å². The van der Waals surface area contributed by atoms with E-state index in [0.29, 0.717) is 18.5 Å². The molecule has 5 nitrogen and oxygen atoms in total. The molecule has 0 spiro atoms.